The number of rotatable bonds is 4. The first-order valence-electron chi connectivity index (χ1n) is 5.15. The van der Waals surface area contributed by atoms with Gasteiger partial charge >= 0.3 is 0 Å². The van der Waals surface area contributed by atoms with Crippen LogP contribution in [0.4, 0.5) is 4.39 Å². The highest BCUT2D eigenvalue weighted by Gasteiger charge is 2.36. The average molecular weight is 227 g/mol. The third-order valence-electron chi connectivity index (χ3n) is 2.48. The molecule has 3 nitrogen and oxygen atoms in total. The predicted molar refractivity (Wildman–Crippen MR) is 60.7 cm³/mol. The largest absolute Gasteiger partial charge is 0.316 e. The van der Waals surface area contributed by atoms with Crippen LogP contribution in [0.1, 0.15) is 32.0 Å². The number of halogens is 1. The molecule has 1 aromatic rings. The van der Waals surface area contributed by atoms with Crippen LogP contribution in [-0.2, 0) is 4.87 Å². The molecule has 1 aliphatic rings. The Hall–Kier alpha value is -0.840. The molecule has 0 spiro atoms. The number of thioether (sulfide) groups is 1. The van der Waals surface area contributed by atoms with Gasteiger partial charge in [-0.25, -0.2) is 4.98 Å². The Labute approximate surface area is 92.6 Å². The lowest BCUT2D eigenvalue weighted by molar-refractivity contribution is 0.526. The van der Waals surface area contributed by atoms with Crippen molar-refractivity contribution in [3.8, 4) is 0 Å². The second kappa shape index (κ2) is 4.35. The second-order valence-corrected chi connectivity index (χ2v) is 4.89. The fourth-order valence-corrected chi connectivity index (χ4v) is 2.80. The monoisotopic (exact) mass is 227 g/mol. The van der Waals surface area contributed by atoms with Crippen LogP contribution in [0.15, 0.2) is 11.2 Å². The molecule has 0 bridgehead atoms. The van der Waals surface area contributed by atoms with Crippen molar-refractivity contribution in [2.45, 2.75) is 31.1 Å². The van der Waals surface area contributed by atoms with E-state index in [-0.39, 0.29) is 10.8 Å². The summed E-state index contributed by atoms with van der Waals surface area (Å²) in [6.45, 7) is 2.14. The molecule has 0 fully saturated rings. The van der Waals surface area contributed by atoms with Gasteiger partial charge in [0.05, 0.1) is 6.20 Å². The zero-order valence-corrected chi connectivity index (χ0v) is 9.48. The predicted octanol–water partition coefficient (Wildman–Crippen LogP) is 2.71. The van der Waals surface area contributed by atoms with Gasteiger partial charge in [0.1, 0.15) is 5.82 Å². The number of aromatic nitrogens is 2. The average Bonchev–Trinajstić information content (AvgIpc) is 2.84. The minimum Gasteiger partial charge on any atom is -0.316 e. The Morgan fingerprint density at radius 2 is 2.53 bits per heavy atom. The van der Waals surface area contributed by atoms with Gasteiger partial charge in [-0.2, -0.15) is 4.39 Å². The van der Waals surface area contributed by atoms with Crippen LogP contribution < -0.4 is 0 Å². The van der Waals surface area contributed by atoms with Gasteiger partial charge < -0.3 is 4.98 Å². The summed E-state index contributed by atoms with van der Waals surface area (Å²) in [6.07, 6.45) is 6.21. The van der Waals surface area contributed by atoms with E-state index in [0.717, 1.165) is 25.0 Å². The van der Waals surface area contributed by atoms with Crippen molar-refractivity contribution in [1.82, 2.24) is 9.97 Å². The second-order valence-electron chi connectivity index (χ2n) is 3.59. The van der Waals surface area contributed by atoms with E-state index < -0.39 is 0 Å². The highest BCUT2D eigenvalue weighted by Crippen LogP contribution is 2.43. The lowest BCUT2D eigenvalue weighted by atomic mass is 10.1. The van der Waals surface area contributed by atoms with Crippen molar-refractivity contribution in [1.29, 1.82) is 0 Å². The van der Waals surface area contributed by atoms with Gasteiger partial charge in [0, 0.05) is 12.0 Å². The van der Waals surface area contributed by atoms with Crippen LogP contribution in [0.5, 0.6) is 0 Å². The van der Waals surface area contributed by atoms with Gasteiger partial charge in [-0.3, -0.25) is 4.99 Å². The SMILES string of the molecule is CCCCC1(c2ncc(F)[nH]2)N=CCS1. The van der Waals surface area contributed by atoms with Gasteiger partial charge in [0.2, 0.25) is 5.95 Å². The molecule has 2 heterocycles. The van der Waals surface area contributed by atoms with E-state index in [1.165, 1.54) is 6.20 Å². The maximum Gasteiger partial charge on any atom is 0.210 e. The lowest BCUT2D eigenvalue weighted by Crippen LogP contribution is -2.18. The highest BCUT2D eigenvalue weighted by molar-refractivity contribution is 8.01. The minimum absolute atomic E-state index is 0.361. The summed E-state index contributed by atoms with van der Waals surface area (Å²) < 4.78 is 12.9. The molecule has 0 radical (unpaired) electrons. The summed E-state index contributed by atoms with van der Waals surface area (Å²) in [4.78, 5) is 10.8. The van der Waals surface area contributed by atoms with E-state index in [0.29, 0.717) is 5.82 Å². The molecule has 15 heavy (non-hydrogen) atoms. The summed E-state index contributed by atoms with van der Waals surface area (Å²) in [7, 11) is 0. The highest BCUT2D eigenvalue weighted by atomic mass is 32.2. The standard InChI is InChI=1S/C10H14FN3S/c1-2-3-4-10(13-5-6-15-10)9-12-7-8(11)14-9/h5,7H,2-4,6H2,1H3,(H,12,14). The number of nitrogens with one attached hydrogen (secondary N) is 1. The van der Waals surface area contributed by atoms with Crippen molar-refractivity contribution in [2.24, 2.45) is 4.99 Å². The maximum absolute atomic E-state index is 12.9. The Morgan fingerprint density at radius 1 is 1.67 bits per heavy atom. The topological polar surface area (TPSA) is 41.0 Å². The molecule has 0 aromatic carbocycles. The summed E-state index contributed by atoms with van der Waals surface area (Å²) >= 11 is 1.71. The number of H-pyrrole nitrogens is 1. The normalized spacial score (nSPS) is 24.9. The first-order valence-corrected chi connectivity index (χ1v) is 6.14. The first-order chi connectivity index (χ1) is 7.27. The number of hydrogen-bond acceptors (Lipinski definition) is 3. The van der Waals surface area contributed by atoms with E-state index in [2.05, 4.69) is 21.9 Å². The molecule has 1 aliphatic heterocycles. The van der Waals surface area contributed by atoms with Crippen LogP contribution >= 0.6 is 11.8 Å². The number of hydrogen-bond donors (Lipinski definition) is 1. The summed E-state index contributed by atoms with van der Waals surface area (Å²) in [5, 5.41) is 0. The van der Waals surface area contributed by atoms with E-state index in [9.17, 15) is 4.39 Å². The zero-order valence-electron chi connectivity index (χ0n) is 8.66. The Kier molecular flexibility index (Phi) is 3.09. The number of aliphatic imine (C=N–C) groups is 1. The molecule has 1 atom stereocenters. The molecular formula is C10H14FN3S. The maximum atomic E-state index is 12.9. The molecule has 1 unspecified atom stereocenters. The van der Waals surface area contributed by atoms with Gasteiger partial charge in [-0.1, -0.05) is 13.3 Å². The Balaban J connectivity index is 2.22. The number of aromatic amines is 1. The van der Waals surface area contributed by atoms with Crippen LogP contribution in [-0.4, -0.2) is 21.9 Å². The molecule has 2 rings (SSSR count). The van der Waals surface area contributed by atoms with E-state index in [4.69, 9.17) is 0 Å². The van der Waals surface area contributed by atoms with Crippen LogP contribution in [0, 0.1) is 5.95 Å². The molecule has 0 aliphatic carbocycles. The summed E-state index contributed by atoms with van der Waals surface area (Å²) in [5.41, 5.74) is 0. The fourth-order valence-electron chi connectivity index (χ4n) is 1.70. The third kappa shape index (κ3) is 2.07. The molecule has 1 aromatic heterocycles. The van der Waals surface area contributed by atoms with Crippen molar-refractivity contribution >= 4 is 18.0 Å². The third-order valence-corrected chi connectivity index (χ3v) is 3.78. The van der Waals surface area contributed by atoms with Crippen molar-refractivity contribution in [2.75, 3.05) is 5.75 Å². The van der Waals surface area contributed by atoms with Gasteiger partial charge in [0.25, 0.3) is 0 Å². The Bertz CT molecular complexity index is 363. The number of unbranched alkanes of at least 4 members (excludes halogenated alkanes) is 1. The minimum atomic E-state index is -0.386. The van der Waals surface area contributed by atoms with Gasteiger partial charge in [-0.15, -0.1) is 11.8 Å². The molecule has 0 saturated heterocycles. The summed E-state index contributed by atoms with van der Waals surface area (Å²) in [6, 6.07) is 0. The fraction of sp³-hybridized carbons (Fsp3) is 0.600. The van der Waals surface area contributed by atoms with Crippen LogP contribution in [0.25, 0.3) is 0 Å². The number of nitrogens with zero attached hydrogens (tertiary/aromatic N) is 2. The first kappa shape index (κ1) is 10.7. The van der Waals surface area contributed by atoms with Crippen molar-refractivity contribution < 1.29 is 4.39 Å². The van der Waals surface area contributed by atoms with Crippen LogP contribution in [0.2, 0.25) is 0 Å². The van der Waals surface area contributed by atoms with E-state index >= 15 is 0 Å². The quantitative estimate of drug-likeness (QED) is 0.859. The smallest absolute Gasteiger partial charge is 0.210 e. The van der Waals surface area contributed by atoms with Gasteiger partial charge in [0.15, 0.2) is 4.87 Å². The molecule has 5 heteroatoms. The lowest BCUT2D eigenvalue weighted by Gasteiger charge is -2.22. The molecule has 1 N–H and O–H groups in total. The Morgan fingerprint density at radius 3 is 3.07 bits per heavy atom. The van der Waals surface area contributed by atoms with E-state index in [1.54, 1.807) is 11.8 Å². The van der Waals surface area contributed by atoms with Crippen molar-refractivity contribution in [3.63, 3.8) is 0 Å². The van der Waals surface area contributed by atoms with Crippen LogP contribution in [0.3, 0.4) is 0 Å². The molecule has 0 amide bonds. The zero-order chi connectivity index (χ0) is 10.7. The molecular weight excluding hydrogens is 213 g/mol. The van der Waals surface area contributed by atoms with E-state index in [1.807, 2.05) is 6.21 Å². The molecule has 0 saturated carbocycles. The molecule has 82 valence electrons. The number of imidazole rings is 1. The van der Waals surface area contributed by atoms with Gasteiger partial charge in [-0.05, 0) is 12.8 Å². The van der Waals surface area contributed by atoms with Crippen molar-refractivity contribution in [3.05, 3.63) is 18.0 Å². The summed E-state index contributed by atoms with van der Waals surface area (Å²) in [5.74, 6) is 1.14.